The van der Waals surface area contributed by atoms with Crippen LogP contribution in [0.3, 0.4) is 0 Å². The van der Waals surface area contributed by atoms with Crippen LogP contribution in [0.2, 0.25) is 0 Å². The Hall–Kier alpha value is -5.40. The van der Waals surface area contributed by atoms with Crippen molar-refractivity contribution < 1.29 is 34.2 Å². The molecular formula is C49H55N5O7. The predicted octanol–water partition coefficient (Wildman–Crippen LogP) is 8.87. The van der Waals surface area contributed by atoms with Crippen molar-refractivity contribution in [2.45, 2.75) is 89.5 Å². The number of nitrogens with one attached hydrogen (secondary N) is 1. The first kappa shape index (κ1) is 39.7. The van der Waals surface area contributed by atoms with Crippen LogP contribution in [0.15, 0.2) is 78.9 Å². The summed E-state index contributed by atoms with van der Waals surface area (Å²) in [5, 5.41) is 32.5. The average Bonchev–Trinajstić information content (AvgIpc) is 3.80. The molecule has 0 saturated carbocycles. The van der Waals surface area contributed by atoms with Crippen molar-refractivity contribution in [1.29, 1.82) is 0 Å². The Bertz CT molecular complexity index is 2660. The maximum Gasteiger partial charge on any atom is 0.339 e. The number of anilines is 1. The molecular weight excluding hydrogens is 771 g/mol. The van der Waals surface area contributed by atoms with Gasteiger partial charge < -0.3 is 39.1 Å². The molecule has 0 spiro atoms. The molecule has 0 amide bonds. The van der Waals surface area contributed by atoms with Gasteiger partial charge in [0.2, 0.25) is 0 Å². The normalized spacial score (nSPS) is 27.1. The number of esters is 2. The molecule has 2 fully saturated rings. The van der Waals surface area contributed by atoms with Gasteiger partial charge in [-0.05, 0) is 98.4 Å². The van der Waals surface area contributed by atoms with Gasteiger partial charge in [-0.3, -0.25) is 0 Å². The van der Waals surface area contributed by atoms with Gasteiger partial charge in [-0.1, -0.05) is 62.4 Å². The summed E-state index contributed by atoms with van der Waals surface area (Å²) in [4.78, 5) is 28.3. The molecule has 2 aromatic heterocycles. The highest BCUT2D eigenvalue weighted by atomic mass is 16.5. The van der Waals surface area contributed by atoms with Crippen molar-refractivity contribution in [1.82, 2.24) is 19.3 Å². The number of aromatic nitrogens is 2. The molecule has 2 saturated heterocycles. The summed E-state index contributed by atoms with van der Waals surface area (Å²) in [7, 11) is 4.55. The fourth-order valence-electron chi connectivity index (χ4n) is 12.2. The first-order chi connectivity index (χ1) is 29.6. The highest BCUT2D eigenvalue weighted by Gasteiger charge is 2.52. The molecule has 5 aliphatic heterocycles. The third-order valence-electron chi connectivity index (χ3n) is 15.0. The molecule has 7 heterocycles. The van der Waals surface area contributed by atoms with Crippen LogP contribution < -0.4 is 10.1 Å². The lowest BCUT2D eigenvalue weighted by Gasteiger charge is -2.50. The van der Waals surface area contributed by atoms with E-state index >= 15 is 0 Å². The average molecular weight is 826 g/mol. The molecule has 0 unspecified atom stereocenters. The van der Waals surface area contributed by atoms with Gasteiger partial charge in [0.1, 0.15) is 18.1 Å². The van der Waals surface area contributed by atoms with Crippen LogP contribution in [-0.4, -0.2) is 82.1 Å². The summed E-state index contributed by atoms with van der Waals surface area (Å²) >= 11 is 0. The van der Waals surface area contributed by atoms with Crippen LogP contribution >= 0.6 is 0 Å². The van der Waals surface area contributed by atoms with E-state index in [1.807, 2.05) is 30.3 Å². The largest absolute Gasteiger partial charge is 0.497 e. The van der Waals surface area contributed by atoms with Crippen LogP contribution in [-0.2, 0) is 31.9 Å². The van der Waals surface area contributed by atoms with E-state index in [9.17, 15) is 20.0 Å². The predicted molar refractivity (Wildman–Crippen MR) is 233 cm³/mol. The van der Waals surface area contributed by atoms with E-state index in [1.165, 1.54) is 24.3 Å². The molecule has 0 bridgehead atoms. The second-order valence-corrected chi connectivity index (χ2v) is 17.7. The summed E-state index contributed by atoms with van der Waals surface area (Å²) in [5.74, 6) is -0.280. The van der Waals surface area contributed by atoms with Crippen LogP contribution in [0.25, 0.3) is 33.0 Å². The molecule has 12 heteroatoms. The molecule has 3 aromatic carbocycles. The second-order valence-electron chi connectivity index (χ2n) is 17.7. The monoisotopic (exact) mass is 825 g/mol. The number of piperidine rings is 2. The number of nitrogens with zero attached hydrogens (tertiary/aromatic N) is 4. The van der Waals surface area contributed by atoms with Crippen LogP contribution in [0.4, 0.5) is 5.69 Å². The van der Waals surface area contributed by atoms with E-state index in [4.69, 9.17) is 14.2 Å². The fourth-order valence-corrected chi connectivity index (χ4v) is 12.2. The van der Waals surface area contributed by atoms with Crippen LogP contribution in [0.1, 0.15) is 98.7 Å². The molecule has 5 aliphatic rings. The second kappa shape index (κ2) is 14.9. The highest BCUT2D eigenvalue weighted by molar-refractivity contribution is 6.19. The molecule has 61 heavy (non-hydrogen) atoms. The molecule has 0 radical (unpaired) electrons. The van der Waals surface area contributed by atoms with E-state index in [0.29, 0.717) is 37.1 Å². The number of methoxy groups -OCH3 is 3. The number of hydrogen-bond acceptors (Lipinski definition) is 10. The summed E-state index contributed by atoms with van der Waals surface area (Å²) in [6, 6.07) is 22.4. The lowest BCUT2D eigenvalue weighted by Crippen LogP contribution is -2.49. The Morgan fingerprint density at radius 2 is 1.31 bits per heavy atom. The first-order valence-corrected chi connectivity index (χ1v) is 21.8. The minimum atomic E-state index is -0.499. The Morgan fingerprint density at radius 1 is 0.754 bits per heavy atom. The molecule has 10 rings (SSSR count). The van der Waals surface area contributed by atoms with E-state index in [-0.39, 0.29) is 12.0 Å². The van der Waals surface area contributed by atoms with Gasteiger partial charge >= 0.3 is 11.9 Å². The molecule has 3 N–H and O–H groups in total. The van der Waals surface area contributed by atoms with Gasteiger partial charge in [0.15, 0.2) is 0 Å². The molecule has 12 nitrogen and oxygen atoms in total. The zero-order valence-electron chi connectivity index (χ0n) is 35.6. The number of benzene rings is 3. The topological polar surface area (TPSA) is 131 Å². The zero-order chi connectivity index (χ0) is 42.4. The van der Waals surface area contributed by atoms with Crippen molar-refractivity contribution in [2.75, 3.05) is 39.7 Å². The molecule has 0 aliphatic carbocycles. The maximum absolute atomic E-state index is 14.2. The number of ether oxygens (including phenoxy) is 3. The van der Waals surface area contributed by atoms with E-state index in [2.05, 4.69) is 76.8 Å². The number of para-hydroxylation sites is 2. The quantitative estimate of drug-likeness (QED) is 0.131. The van der Waals surface area contributed by atoms with Gasteiger partial charge in [-0.2, -0.15) is 10.1 Å². The van der Waals surface area contributed by atoms with Gasteiger partial charge in [0.05, 0.1) is 54.9 Å². The SMILES string of the molecule is CC[C@]12C=C(C(=O)OC)c3c(C[C@@H]4Nc5ccc(OC)cc5C[C@H]4c4c5n(c6ccccc46)[C@H]4N(O)CCC[C@@]4(CC)C=C5C(=O)OC)c4ccccc4n3[C@H]1N(O)CCC2. The highest BCUT2D eigenvalue weighted by Crippen LogP contribution is 2.57. The van der Waals surface area contributed by atoms with Gasteiger partial charge in [0, 0.05) is 52.3 Å². The minimum absolute atomic E-state index is 0.221. The minimum Gasteiger partial charge on any atom is -0.497 e. The number of fused-ring (bicyclic) bond motifs is 11. The van der Waals surface area contributed by atoms with Crippen LogP contribution in [0, 0.1) is 10.8 Å². The van der Waals surface area contributed by atoms with Gasteiger partial charge in [-0.25, -0.2) is 9.59 Å². The van der Waals surface area contributed by atoms with Crippen LogP contribution in [0.5, 0.6) is 5.75 Å². The van der Waals surface area contributed by atoms with Crippen molar-refractivity contribution in [3.05, 3.63) is 107 Å². The standard InChI is InChI=1S/C49H55N5O7/c1-6-48-20-12-22-51(57)46(48)53-39-16-10-8-14-31(39)33(42(53)35(27-48)44(55)60-4)26-38-34(25-29-24-30(59-3)18-19-37(29)50-38)41-32-15-9-11-17-40(32)54-43(41)36(45(56)61-5)28-49(7-2)21-13-23-52(58)47(49)54/h8-11,14-19,24,27-28,34,38,46-47,50,57-58H,6-7,12-13,20-23,25-26H2,1-5H3/t34-,38+,46-,47-,48+,49+/m1/s1. The lowest BCUT2D eigenvalue weighted by molar-refractivity contribution is -0.203. The Balaban J connectivity index is 1.23. The first-order valence-electron chi connectivity index (χ1n) is 21.8. The maximum atomic E-state index is 14.2. The van der Waals surface area contributed by atoms with Crippen molar-refractivity contribution in [3.63, 3.8) is 0 Å². The number of rotatable bonds is 8. The Kier molecular flexibility index (Phi) is 9.70. The zero-order valence-corrected chi connectivity index (χ0v) is 35.6. The lowest BCUT2D eigenvalue weighted by atomic mass is 9.70. The third kappa shape index (κ3) is 5.78. The van der Waals surface area contributed by atoms with Crippen molar-refractivity contribution in [2.24, 2.45) is 10.8 Å². The summed E-state index contributed by atoms with van der Waals surface area (Å²) in [5.41, 5.74) is 7.50. The molecule has 318 valence electrons. The van der Waals surface area contributed by atoms with Crippen molar-refractivity contribution in [3.8, 4) is 5.75 Å². The fraction of sp³-hybridized carbons (Fsp3) is 0.429. The number of hydroxylamine groups is 4. The van der Waals surface area contributed by atoms with E-state index < -0.39 is 35.1 Å². The van der Waals surface area contributed by atoms with Crippen molar-refractivity contribution >= 4 is 50.6 Å². The Morgan fingerprint density at radius 3 is 1.90 bits per heavy atom. The summed E-state index contributed by atoms with van der Waals surface area (Å²) < 4.78 is 21.3. The number of carbonyl (C=O) groups excluding carboxylic acids is 2. The summed E-state index contributed by atoms with van der Waals surface area (Å²) in [6.07, 6.45) is 9.17. The third-order valence-corrected chi connectivity index (χ3v) is 15.0. The molecule has 5 aromatic rings. The smallest absolute Gasteiger partial charge is 0.339 e. The van der Waals surface area contributed by atoms with Gasteiger partial charge in [-0.15, -0.1) is 0 Å². The van der Waals surface area contributed by atoms with E-state index in [1.54, 1.807) is 7.11 Å². The number of hydrogen-bond donors (Lipinski definition) is 3. The van der Waals surface area contributed by atoms with E-state index in [0.717, 1.165) is 99.8 Å². The Labute approximate surface area is 355 Å². The summed E-state index contributed by atoms with van der Waals surface area (Å²) in [6.45, 7) is 5.31. The van der Waals surface area contributed by atoms with Gasteiger partial charge in [0.25, 0.3) is 0 Å². The number of carbonyl (C=O) groups is 2. The molecule has 6 atom stereocenters.